The van der Waals surface area contributed by atoms with Crippen molar-refractivity contribution in [2.75, 3.05) is 32.1 Å². The first-order valence-corrected chi connectivity index (χ1v) is 8.45. The third-order valence-corrected chi connectivity index (χ3v) is 4.35. The molecule has 0 aromatic heterocycles. The molecule has 1 aromatic carbocycles. The lowest BCUT2D eigenvalue weighted by atomic mass is 9.91. The second-order valence-corrected chi connectivity index (χ2v) is 6.63. The monoisotopic (exact) mass is 384 g/mol. The van der Waals surface area contributed by atoms with E-state index in [1.165, 1.54) is 24.1 Å². The Hall–Kier alpha value is -2.48. The van der Waals surface area contributed by atoms with E-state index in [2.05, 4.69) is 10.1 Å². The van der Waals surface area contributed by atoms with Crippen LogP contribution in [-0.4, -0.2) is 54.8 Å². The van der Waals surface area contributed by atoms with E-state index >= 15 is 0 Å². The van der Waals surface area contributed by atoms with Gasteiger partial charge in [0.15, 0.2) is 6.61 Å². The minimum atomic E-state index is -0.899. The number of ether oxygens (including phenoxy) is 2. The van der Waals surface area contributed by atoms with Crippen molar-refractivity contribution in [1.29, 1.82) is 0 Å². The maximum Gasteiger partial charge on any atom is 0.343 e. The summed E-state index contributed by atoms with van der Waals surface area (Å²) in [5.41, 5.74) is 0.440. The predicted molar refractivity (Wildman–Crippen MR) is 94.5 cm³/mol. The second kappa shape index (κ2) is 8.75. The van der Waals surface area contributed by atoms with E-state index in [0.29, 0.717) is 18.7 Å². The highest BCUT2D eigenvalue weighted by molar-refractivity contribution is 6.32. The Kier molecular flexibility index (Phi) is 6.68. The molecule has 0 saturated carbocycles. The number of hydrogen-bond acceptors (Lipinski definition) is 5. The molecule has 1 aliphatic rings. The lowest BCUT2D eigenvalue weighted by Crippen LogP contribution is -2.47. The molecular weight excluding hydrogens is 364 g/mol. The van der Waals surface area contributed by atoms with Crippen LogP contribution in [0, 0.1) is 11.8 Å². The van der Waals surface area contributed by atoms with Crippen LogP contribution in [0.3, 0.4) is 0 Å². The highest BCUT2D eigenvalue weighted by atomic mass is 35.5. The number of carbonyl (C=O) groups is 3. The zero-order valence-corrected chi connectivity index (χ0v) is 15.3. The van der Waals surface area contributed by atoms with Crippen molar-refractivity contribution in [2.45, 2.75) is 13.3 Å². The number of amides is 2. The molecule has 1 heterocycles. The van der Waals surface area contributed by atoms with Gasteiger partial charge in [-0.15, -0.1) is 0 Å². The number of hydrogen-bond donors (Lipinski definition) is 2. The number of methoxy groups -OCH3 is 1. The molecular formula is C17H21ClN2O6. The van der Waals surface area contributed by atoms with Crippen LogP contribution < -0.4 is 10.1 Å². The Morgan fingerprint density at radius 3 is 2.69 bits per heavy atom. The fraction of sp³-hybridized carbons (Fsp3) is 0.471. The predicted octanol–water partition coefficient (Wildman–Crippen LogP) is 2.47. The molecule has 142 valence electrons. The number of carboxylic acid groups (broad SMARTS) is 1. The Bertz CT molecular complexity index is 696. The minimum Gasteiger partial charge on any atom is -0.481 e. The molecule has 1 aliphatic heterocycles. The third kappa shape index (κ3) is 5.26. The van der Waals surface area contributed by atoms with Gasteiger partial charge in [0.1, 0.15) is 5.75 Å². The maximum absolute atomic E-state index is 12.4. The van der Waals surface area contributed by atoms with Crippen LogP contribution in [0.15, 0.2) is 18.2 Å². The summed E-state index contributed by atoms with van der Waals surface area (Å²) < 4.78 is 9.70. The molecule has 1 saturated heterocycles. The van der Waals surface area contributed by atoms with Crippen LogP contribution in [0.4, 0.5) is 10.5 Å². The van der Waals surface area contributed by atoms with Gasteiger partial charge in [-0.1, -0.05) is 18.5 Å². The van der Waals surface area contributed by atoms with Gasteiger partial charge < -0.3 is 24.8 Å². The summed E-state index contributed by atoms with van der Waals surface area (Å²) in [7, 11) is 1.25. The standard InChI is InChI=1S/C17H21ClN2O6/c1-10-5-11(16(22)23)8-20(7-10)17(24)19-12-3-4-14(13(18)6-12)26-9-15(21)25-2/h3-4,6,10-11H,5,7-9H2,1-2H3,(H,19,24)(H,22,23). The van der Waals surface area contributed by atoms with Crippen LogP contribution in [0.25, 0.3) is 0 Å². The number of anilines is 1. The van der Waals surface area contributed by atoms with Crippen molar-refractivity contribution < 1.29 is 29.0 Å². The van der Waals surface area contributed by atoms with Crippen molar-refractivity contribution in [1.82, 2.24) is 4.90 Å². The summed E-state index contributed by atoms with van der Waals surface area (Å²) in [6.45, 7) is 2.30. The molecule has 2 unspecified atom stereocenters. The van der Waals surface area contributed by atoms with Crippen molar-refractivity contribution in [3.8, 4) is 5.75 Å². The van der Waals surface area contributed by atoms with E-state index < -0.39 is 17.9 Å². The molecule has 0 aliphatic carbocycles. The van der Waals surface area contributed by atoms with Crippen LogP contribution in [0.5, 0.6) is 5.75 Å². The quantitative estimate of drug-likeness (QED) is 0.755. The van der Waals surface area contributed by atoms with Gasteiger partial charge in [0.25, 0.3) is 0 Å². The number of nitrogens with zero attached hydrogens (tertiary/aromatic N) is 1. The fourth-order valence-corrected chi connectivity index (χ4v) is 3.03. The van der Waals surface area contributed by atoms with E-state index in [1.54, 1.807) is 6.07 Å². The maximum atomic E-state index is 12.4. The van der Waals surface area contributed by atoms with Crippen molar-refractivity contribution in [3.63, 3.8) is 0 Å². The smallest absolute Gasteiger partial charge is 0.343 e. The largest absolute Gasteiger partial charge is 0.481 e. The number of nitrogens with one attached hydrogen (secondary N) is 1. The van der Waals surface area contributed by atoms with Gasteiger partial charge in [-0.25, -0.2) is 9.59 Å². The third-order valence-electron chi connectivity index (χ3n) is 4.05. The molecule has 0 radical (unpaired) electrons. The molecule has 2 amide bonds. The Labute approximate surface area is 156 Å². The van der Waals surface area contributed by atoms with Crippen molar-refractivity contribution in [3.05, 3.63) is 23.2 Å². The van der Waals surface area contributed by atoms with Crippen LogP contribution in [-0.2, 0) is 14.3 Å². The molecule has 2 rings (SSSR count). The summed E-state index contributed by atoms with van der Waals surface area (Å²) >= 11 is 6.09. The SMILES string of the molecule is COC(=O)COc1ccc(NC(=O)N2CC(C)CC(C(=O)O)C2)cc1Cl. The number of rotatable bonds is 5. The zero-order valence-electron chi connectivity index (χ0n) is 14.5. The average molecular weight is 385 g/mol. The van der Waals surface area contributed by atoms with Crippen LogP contribution in [0.1, 0.15) is 13.3 Å². The van der Waals surface area contributed by atoms with E-state index in [0.717, 1.165) is 0 Å². The minimum absolute atomic E-state index is 0.105. The molecule has 8 nitrogen and oxygen atoms in total. The highest BCUT2D eigenvalue weighted by Crippen LogP contribution is 2.28. The summed E-state index contributed by atoms with van der Waals surface area (Å²) in [4.78, 5) is 36.2. The van der Waals surface area contributed by atoms with E-state index in [4.69, 9.17) is 16.3 Å². The Morgan fingerprint density at radius 2 is 2.08 bits per heavy atom. The van der Waals surface area contributed by atoms with Gasteiger partial charge in [0.2, 0.25) is 0 Å². The number of carboxylic acids is 1. The normalized spacial score (nSPS) is 19.6. The molecule has 1 fully saturated rings. The molecule has 2 atom stereocenters. The average Bonchev–Trinajstić information content (AvgIpc) is 2.60. The van der Waals surface area contributed by atoms with E-state index in [1.807, 2.05) is 6.92 Å². The number of esters is 1. The summed E-state index contributed by atoms with van der Waals surface area (Å²) in [6, 6.07) is 4.22. The number of urea groups is 1. The summed E-state index contributed by atoms with van der Waals surface area (Å²) in [6.07, 6.45) is 0.553. The number of likely N-dealkylation sites (tertiary alicyclic amines) is 1. The first-order chi connectivity index (χ1) is 12.3. The number of piperidine rings is 1. The van der Waals surface area contributed by atoms with Crippen LogP contribution >= 0.6 is 11.6 Å². The number of halogens is 1. The fourth-order valence-electron chi connectivity index (χ4n) is 2.79. The van der Waals surface area contributed by atoms with Crippen LogP contribution in [0.2, 0.25) is 5.02 Å². The van der Waals surface area contributed by atoms with Gasteiger partial charge in [-0.3, -0.25) is 4.79 Å². The summed E-state index contributed by atoms with van der Waals surface area (Å²) in [5.74, 6) is -1.61. The first kappa shape index (κ1) is 19.8. The molecule has 26 heavy (non-hydrogen) atoms. The molecule has 2 N–H and O–H groups in total. The Balaban J connectivity index is 1.99. The second-order valence-electron chi connectivity index (χ2n) is 6.22. The first-order valence-electron chi connectivity index (χ1n) is 8.08. The topological polar surface area (TPSA) is 105 Å². The van der Waals surface area contributed by atoms with Gasteiger partial charge in [0, 0.05) is 18.8 Å². The van der Waals surface area contributed by atoms with Gasteiger partial charge in [0.05, 0.1) is 18.1 Å². The van der Waals surface area contributed by atoms with Gasteiger partial charge in [-0.05, 0) is 30.5 Å². The van der Waals surface area contributed by atoms with Gasteiger partial charge in [-0.2, -0.15) is 0 Å². The lowest BCUT2D eigenvalue weighted by Gasteiger charge is -2.34. The van der Waals surface area contributed by atoms with E-state index in [9.17, 15) is 19.5 Å². The molecule has 1 aromatic rings. The number of benzene rings is 1. The van der Waals surface area contributed by atoms with E-state index in [-0.39, 0.29) is 35.9 Å². The van der Waals surface area contributed by atoms with Crippen molar-refractivity contribution >= 4 is 35.3 Å². The molecule has 0 spiro atoms. The van der Waals surface area contributed by atoms with Gasteiger partial charge >= 0.3 is 18.0 Å². The summed E-state index contributed by atoms with van der Waals surface area (Å²) in [5, 5.41) is 12.1. The highest BCUT2D eigenvalue weighted by Gasteiger charge is 2.31. The molecule has 9 heteroatoms. The van der Waals surface area contributed by atoms with Crippen molar-refractivity contribution in [2.24, 2.45) is 11.8 Å². The number of carbonyl (C=O) groups excluding carboxylic acids is 2. The zero-order chi connectivity index (χ0) is 19.3. The Morgan fingerprint density at radius 1 is 1.35 bits per heavy atom. The number of aliphatic carboxylic acids is 1. The lowest BCUT2D eigenvalue weighted by molar-refractivity contribution is -0.144. The molecule has 0 bridgehead atoms.